The minimum atomic E-state index is -1.19. The highest BCUT2D eigenvalue weighted by molar-refractivity contribution is 6.22. The predicted molar refractivity (Wildman–Crippen MR) is 65.6 cm³/mol. The highest BCUT2D eigenvalue weighted by Crippen LogP contribution is 2.40. The van der Waals surface area contributed by atoms with Crippen LogP contribution in [0, 0.1) is 11.3 Å². The van der Waals surface area contributed by atoms with E-state index in [1.807, 2.05) is 13.8 Å². The summed E-state index contributed by atoms with van der Waals surface area (Å²) in [6, 6.07) is 1.18. The van der Waals surface area contributed by atoms with Crippen molar-refractivity contribution in [2.24, 2.45) is 11.3 Å². The SMILES string of the molecule is CC(C)C1(C)CC(=O)N(c2cc(C(=O)O)[nH]n2)C1=O. The maximum absolute atomic E-state index is 12.4. The molecule has 7 nitrogen and oxygen atoms in total. The molecule has 1 aliphatic heterocycles. The van der Waals surface area contributed by atoms with Crippen LogP contribution in [0.3, 0.4) is 0 Å². The molecule has 1 aromatic rings. The lowest BCUT2D eigenvalue weighted by atomic mass is 9.78. The number of aromatic amines is 1. The van der Waals surface area contributed by atoms with Gasteiger partial charge in [0.15, 0.2) is 5.82 Å². The van der Waals surface area contributed by atoms with Gasteiger partial charge < -0.3 is 5.11 Å². The van der Waals surface area contributed by atoms with Crippen molar-refractivity contribution >= 4 is 23.6 Å². The Labute approximate surface area is 109 Å². The van der Waals surface area contributed by atoms with E-state index in [1.54, 1.807) is 6.92 Å². The van der Waals surface area contributed by atoms with Crippen LogP contribution in [-0.4, -0.2) is 33.1 Å². The predicted octanol–water partition coefficient (Wildman–Crippen LogP) is 1.03. The van der Waals surface area contributed by atoms with E-state index < -0.39 is 11.4 Å². The van der Waals surface area contributed by atoms with Crippen LogP contribution in [0.25, 0.3) is 0 Å². The molecule has 2 N–H and O–H groups in total. The molecule has 2 rings (SSSR count). The number of hydrogen-bond donors (Lipinski definition) is 2. The number of H-pyrrole nitrogens is 1. The molecular formula is C12H15N3O4. The maximum atomic E-state index is 12.4. The van der Waals surface area contributed by atoms with E-state index in [-0.39, 0.29) is 35.7 Å². The number of imide groups is 1. The molecule has 19 heavy (non-hydrogen) atoms. The van der Waals surface area contributed by atoms with Gasteiger partial charge in [-0.3, -0.25) is 14.7 Å². The zero-order valence-corrected chi connectivity index (χ0v) is 10.9. The zero-order chi connectivity index (χ0) is 14.4. The van der Waals surface area contributed by atoms with Gasteiger partial charge in [-0.25, -0.2) is 9.69 Å². The van der Waals surface area contributed by atoms with Crippen molar-refractivity contribution in [1.29, 1.82) is 0 Å². The summed E-state index contributed by atoms with van der Waals surface area (Å²) in [5.74, 6) is -1.84. The summed E-state index contributed by atoms with van der Waals surface area (Å²) in [6.07, 6.45) is 0.110. The first kappa shape index (κ1) is 13.3. The number of carbonyl (C=O) groups excluding carboxylic acids is 2. The van der Waals surface area contributed by atoms with Gasteiger partial charge in [0.25, 0.3) is 0 Å². The molecule has 0 spiro atoms. The number of rotatable bonds is 3. The Morgan fingerprint density at radius 1 is 1.53 bits per heavy atom. The molecule has 1 aromatic heterocycles. The second-order valence-electron chi connectivity index (χ2n) is 5.23. The average Bonchev–Trinajstić information content (AvgIpc) is 2.85. The molecule has 102 valence electrons. The lowest BCUT2D eigenvalue weighted by Crippen LogP contribution is -2.37. The summed E-state index contributed by atoms with van der Waals surface area (Å²) >= 11 is 0. The van der Waals surface area contributed by atoms with Crippen LogP contribution in [0.2, 0.25) is 0 Å². The number of hydrogen-bond acceptors (Lipinski definition) is 4. The van der Waals surface area contributed by atoms with Crippen LogP contribution in [0.15, 0.2) is 6.07 Å². The number of aromatic carboxylic acids is 1. The largest absolute Gasteiger partial charge is 0.477 e. The molecule has 0 radical (unpaired) electrons. The van der Waals surface area contributed by atoms with E-state index in [2.05, 4.69) is 10.2 Å². The summed E-state index contributed by atoms with van der Waals surface area (Å²) in [4.78, 5) is 36.1. The molecule has 1 aliphatic rings. The fraction of sp³-hybridized carbons (Fsp3) is 0.500. The highest BCUT2D eigenvalue weighted by Gasteiger charge is 2.51. The van der Waals surface area contributed by atoms with Gasteiger partial charge in [0.2, 0.25) is 11.8 Å². The second kappa shape index (κ2) is 4.18. The lowest BCUT2D eigenvalue weighted by molar-refractivity contribution is -0.126. The number of amides is 2. The topological polar surface area (TPSA) is 103 Å². The first-order valence-electron chi connectivity index (χ1n) is 5.93. The first-order chi connectivity index (χ1) is 8.77. The van der Waals surface area contributed by atoms with Crippen molar-refractivity contribution in [1.82, 2.24) is 10.2 Å². The molecule has 1 unspecified atom stereocenters. The lowest BCUT2D eigenvalue weighted by Gasteiger charge is -2.25. The van der Waals surface area contributed by atoms with E-state index in [0.29, 0.717) is 0 Å². The molecular weight excluding hydrogens is 250 g/mol. The molecule has 0 aromatic carbocycles. The van der Waals surface area contributed by atoms with Crippen molar-refractivity contribution < 1.29 is 19.5 Å². The van der Waals surface area contributed by atoms with E-state index in [1.165, 1.54) is 6.07 Å². The Kier molecular flexibility index (Phi) is 2.92. The number of aromatic nitrogens is 2. The average molecular weight is 265 g/mol. The number of carboxylic acid groups (broad SMARTS) is 1. The number of nitrogens with zero attached hydrogens (tertiary/aromatic N) is 2. The quantitative estimate of drug-likeness (QED) is 0.794. The molecule has 1 atom stereocenters. The van der Waals surface area contributed by atoms with Crippen LogP contribution >= 0.6 is 0 Å². The summed E-state index contributed by atoms with van der Waals surface area (Å²) in [5.41, 5.74) is -0.923. The Balaban J connectivity index is 2.37. The molecule has 0 aliphatic carbocycles. The van der Waals surface area contributed by atoms with Gasteiger partial charge in [0.05, 0.1) is 5.41 Å². The van der Waals surface area contributed by atoms with Crippen molar-refractivity contribution in [3.05, 3.63) is 11.8 Å². The second-order valence-corrected chi connectivity index (χ2v) is 5.23. The molecule has 1 saturated heterocycles. The number of carboxylic acids is 1. The fourth-order valence-corrected chi connectivity index (χ4v) is 2.06. The minimum Gasteiger partial charge on any atom is -0.477 e. The number of carbonyl (C=O) groups is 3. The third kappa shape index (κ3) is 1.91. The van der Waals surface area contributed by atoms with Crippen molar-refractivity contribution in [3.63, 3.8) is 0 Å². The van der Waals surface area contributed by atoms with Crippen LogP contribution in [0.4, 0.5) is 5.82 Å². The summed E-state index contributed by atoms with van der Waals surface area (Å²) in [5, 5.41) is 14.8. The van der Waals surface area contributed by atoms with Gasteiger partial charge in [0.1, 0.15) is 5.69 Å². The van der Waals surface area contributed by atoms with Crippen LogP contribution < -0.4 is 4.90 Å². The fourth-order valence-electron chi connectivity index (χ4n) is 2.06. The van der Waals surface area contributed by atoms with Crippen molar-refractivity contribution in [3.8, 4) is 0 Å². The minimum absolute atomic E-state index is 0.00633. The maximum Gasteiger partial charge on any atom is 0.353 e. The van der Waals surface area contributed by atoms with Gasteiger partial charge in [0, 0.05) is 12.5 Å². The van der Waals surface area contributed by atoms with Gasteiger partial charge >= 0.3 is 5.97 Å². The van der Waals surface area contributed by atoms with E-state index in [4.69, 9.17) is 5.11 Å². The molecule has 0 saturated carbocycles. The molecule has 2 heterocycles. The van der Waals surface area contributed by atoms with Gasteiger partial charge in [-0.1, -0.05) is 13.8 Å². The van der Waals surface area contributed by atoms with Gasteiger partial charge in [-0.15, -0.1) is 0 Å². The first-order valence-corrected chi connectivity index (χ1v) is 5.93. The van der Waals surface area contributed by atoms with Crippen LogP contribution in [0.1, 0.15) is 37.7 Å². The van der Waals surface area contributed by atoms with Gasteiger partial charge in [-0.05, 0) is 12.8 Å². The number of anilines is 1. The standard InChI is InChI=1S/C12H15N3O4/c1-6(2)12(3)5-9(16)15(11(12)19)8-4-7(10(17)18)13-14-8/h4,6H,5H2,1-3H3,(H,13,14)(H,17,18). The molecule has 1 fully saturated rings. The summed E-state index contributed by atoms with van der Waals surface area (Å²) in [7, 11) is 0. The molecule has 2 amide bonds. The third-order valence-electron chi connectivity index (χ3n) is 3.76. The number of nitrogens with one attached hydrogen (secondary N) is 1. The van der Waals surface area contributed by atoms with Crippen LogP contribution in [0.5, 0.6) is 0 Å². The Bertz CT molecular complexity index is 563. The monoisotopic (exact) mass is 265 g/mol. The third-order valence-corrected chi connectivity index (χ3v) is 3.76. The molecule has 0 bridgehead atoms. The van der Waals surface area contributed by atoms with Gasteiger partial charge in [-0.2, -0.15) is 5.10 Å². The Hall–Kier alpha value is -2.18. The molecule has 7 heteroatoms. The normalized spacial score (nSPS) is 23.5. The van der Waals surface area contributed by atoms with E-state index in [0.717, 1.165) is 4.90 Å². The van der Waals surface area contributed by atoms with Crippen LogP contribution in [-0.2, 0) is 9.59 Å². The summed E-state index contributed by atoms with van der Waals surface area (Å²) < 4.78 is 0. The van der Waals surface area contributed by atoms with Crippen molar-refractivity contribution in [2.75, 3.05) is 4.90 Å². The van der Waals surface area contributed by atoms with Crippen molar-refractivity contribution in [2.45, 2.75) is 27.2 Å². The Morgan fingerprint density at radius 2 is 2.16 bits per heavy atom. The smallest absolute Gasteiger partial charge is 0.353 e. The highest BCUT2D eigenvalue weighted by atomic mass is 16.4. The Morgan fingerprint density at radius 3 is 2.58 bits per heavy atom. The summed E-state index contributed by atoms with van der Waals surface area (Å²) in [6.45, 7) is 5.49. The van der Waals surface area contributed by atoms with E-state index in [9.17, 15) is 14.4 Å². The van der Waals surface area contributed by atoms with E-state index >= 15 is 0 Å². The zero-order valence-electron chi connectivity index (χ0n) is 10.9.